The van der Waals surface area contributed by atoms with E-state index in [1.165, 1.54) is 19.6 Å². The van der Waals surface area contributed by atoms with Crippen LogP contribution in [0.25, 0.3) is 0 Å². The highest BCUT2D eigenvalue weighted by Gasteiger charge is 2.23. The topological polar surface area (TPSA) is 118 Å². The maximum absolute atomic E-state index is 11.5. The summed E-state index contributed by atoms with van der Waals surface area (Å²) in [5.41, 5.74) is 0.620. The average Bonchev–Trinajstić information content (AvgIpc) is 2.77. The van der Waals surface area contributed by atoms with E-state index in [1.807, 2.05) is 0 Å². The van der Waals surface area contributed by atoms with Crippen molar-refractivity contribution in [1.82, 2.24) is 15.3 Å². The number of hydrogen-bond acceptors (Lipinski definition) is 6. The number of nitrogens with one attached hydrogen (secondary N) is 2. The number of ether oxygens (including phenoxy) is 1. The largest absolute Gasteiger partial charge is 0.467 e. The van der Waals surface area contributed by atoms with Gasteiger partial charge < -0.3 is 15.0 Å². The van der Waals surface area contributed by atoms with Crippen molar-refractivity contribution in [2.75, 3.05) is 19.1 Å². The number of esters is 1. The number of H-pyrrole nitrogens is 1. The number of aromatic nitrogens is 2. The molecule has 106 valence electrons. The van der Waals surface area contributed by atoms with Crippen molar-refractivity contribution in [2.24, 2.45) is 0 Å². The van der Waals surface area contributed by atoms with Crippen molar-refractivity contribution >= 4 is 21.7 Å². The number of methoxy groups -OCH3 is 1. The van der Waals surface area contributed by atoms with Crippen LogP contribution in [0.15, 0.2) is 12.5 Å². The minimum Gasteiger partial charge on any atom is -0.467 e. The molecule has 1 rings (SSSR count). The Morgan fingerprint density at radius 3 is 2.68 bits per heavy atom. The first-order valence-electron chi connectivity index (χ1n) is 5.34. The molecular weight excluding hydrogens is 274 g/mol. The van der Waals surface area contributed by atoms with Gasteiger partial charge in [-0.15, -0.1) is 0 Å². The van der Waals surface area contributed by atoms with Gasteiger partial charge in [0.25, 0.3) is 0 Å². The van der Waals surface area contributed by atoms with E-state index >= 15 is 0 Å². The van der Waals surface area contributed by atoms with E-state index in [0.717, 1.165) is 6.26 Å². The first kappa shape index (κ1) is 15.2. The third kappa shape index (κ3) is 5.51. The average molecular weight is 289 g/mol. The Labute approximate surface area is 110 Å². The van der Waals surface area contributed by atoms with Crippen LogP contribution in [-0.2, 0) is 30.6 Å². The standard InChI is InChI=1S/C10H15N3O5S/c1-18-10(15)8(3-7-4-11-6-12-7)13-9(14)5-19(2,16)17/h4,6,8H,3,5H2,1-2H3,(H,11,12)(H,13,14)/t8-/m0/s1. The predicted molar refractivity (Wildman–Crippen MR) is 65.9 cm³/mol. The number of aromatic amines is 1. The van der Waals surface area contributed by atoms with Crippen molar-refractivity contribution in [3.63, 3.8) is 0 Å². The highest BCUT2D eigenvalue weighted by atomic mass is 32.2. The van der Waals surface area contributed by atoms with Gasteiger partial charge in [0.2, 0.25) is 5.91 Å². The molecule has 0 unspecified atom stereocenters. The summed E-state index contributed by atoms with van der Waals surface area (Å²) in [7, 11) is -2.26. The van der Waals surface area contributed by atoms with Crippen LogP contribution < -0.4 is 5.32 Å². The van der Waals surface area contributed by atoms with Crippen LogP contribution in [0.3, 0.4) is 0 Å². The molecule has 0 spiro atoms. The third-order valence-corrected chi connectivity index (χ3v) is 2.98. The lowest BCUT2D eigenvalue weighted by Gasteiger charge is -2.15. The van der Waals surface area contributed by atoms with E-state index in [2.05, 4.69) is 20.0 Å². The number of sulfone groups is 1. The summed E-state index contributed by atoms with van der Waals surface area (Å²) in [4.78, 5) is 29.6. The number of carbonyl (C=O) groups excluding carboxylic acids is 2. The molecule has 1 heterocycles. The molecule has 2 N–H and O–H groups in total. The summed E-state index contributed by atoms with van der Waals surface area (Å²) in [5.74, 6) is -2.09. The first-order chi connectivity index (χ1) is 8.81. The van der Waals surface area contributed by atoms with Crippen molar-refractivity contribution in [3.05, 3.63) is 18.2 Å². The van der Waals surface area contributed by atoms with E-state index in [4.69, 9.17) is 0 Å². The van der Waals surface area contributed by atoms with Gasteiger partial charge in [-0.2, -0.15) is 0 Å². The molecule has 8 nitrogen and oxygen atoms in total. The van der Waals surface area contributed by atoms with Crippen LogP contribution in [-0.4, -0.2) is 55.4 Å². The molecule has 0 aromatic carbocycles. The van der Waals surface area contributed by atoms with Crippen molar-refractivity contribution < 1.29 is 22.7 Å². The molecule has 0 saturated heterocycles. The fourth-order valence-electron chi connectivity index (χ4n) is 1.43. The van der Waals surface area contributed by atoms with Crippen LogP contribution >= 0.6 is 0 Å². The molecule has 1 amide bonds. The monoisotopic (exact) mass is 289 g/mol. The Kier molecular flexibility index (Phi) is 5.04. The lowest BCUT2D eigenvalue weighted by atomic mass is 10.1. The van der Waals surface area contributed by atoms with Gasteiger partial charge in [-0.3, -0.25) is 4.79 Å². The molecule has 1 aromatic heterocycles. The van der Waals surface area contributed by atoms with Gasteiger partial charge in [0.05, 0.1) is 13.4 Å². The number of nitrogens with zero attached hydrogens (tertiary/aromatic N) is 1. The van der Waals surface area contributed by atoms with Crippen LogP contribution in [0.1, 0.15) is 5.69 Å². The summed E-state index contributed by atoms with van der Waals surface area (Å²) >= 11 is 0. The van der Waals surface area contributed by atoms with E-state index in [9.17, 15) is 18.0 Å². The molecular formula is C10H15N3O5S. The maximum Gasteiger partial charge on any atom is 0.328 e. The fourth-order valence-corrected chi connectivity index (χ4v) is 1.99. The number of carbonyl (C=O) groups is 2. The highest BCUT2D eigenvalue weighted by Crippen LogP contribution is 2.00. The van der Waals surface area contributed by atoms with Crippen LogP contribution in [0, 0.1) is 0 Å². The summed E-state index contributed by atoms with van der Waals surface area (Å²) in [6.07, 6.45) is 4.01. The summed E-state index contributed by atoms with van der Waals surface area (Å²) in [5, 5.41) is 2.32. The second kappa shape index (κ2) is 6.32. The highest BCUT2D eigenvalue weighted by molar-refractivity contribution is 7.91. The minimum absolute atomic E-state index is 0.141. The van der Waals surface area contributed by atoms with Crippen LogP contribution in [0.2, 0.25) is 0 Å². The molecule has 19 heavy (non-hydrogen) atoms. The van der Waals surface area contributed by atoms with Crippen molar-refractivity contribution in [3.8, 4) is 0 Å². The molecule has 1 aromatic rings. The summed E-state index contributed by atoms with van der Waals surface area (Å²) in [6, 6.07) is -0.959. The second-order valence-corrected chi connectivity index (χ2v) is 6.13. The second-order valence-electron chi connectivity index (χ2n) is 3.99. The lowest BCUT2D eigenvalue weighted by molar-refractivity contribution is -0.144. The first-order valence-corrected chi connectivity index (χ1v) is 7.40. The van der Waals surface area contributed by atoms with Gasteiger partial charge >= 0.3 is 5.97 Å². The van der Waals surface area contributed by atoms with Gasteiger partial charge in [0.15, 0.2) is 9.84 Å². The Bertz CT molecular complexity index is 538. The molecule has 0 bridgehead atoms. The number of hydrogen-bond donors (Lipinski definition) is 2. The summed E-state index contributed by atoms with van der Waals surface area (Å²) in [6.45, 7) is 0. The molecule has 0 aliphatic carbocycles. The zero-order chi connectivity index (χ0) is 14.5. The van der Waals surface area contributed by atoms with Crippen LogP contribution in [0.5, 0.6) is 0 Å². The molecule has 0 fully saturated rings. The Morgan fingerprint density at radius 1 is 1.53 bits per heavy atom. The van der Waals surface area contributed by atoms with E-state index < -0.39 is 33.5 Å². The van der Waals surface area contributed by atoms with Gasteiger partial charge in [0, 0.05) is 24.6 Å². The number of amides is 1. The van der Waals surface area contributed by atoms with Crippen LogP contribution in [0.4, 0.5) is 0 Å². The number of imidazole rings is 1. The molecule has 0 radical (unpaired) electrons. The van der Waals surface area contributed by atoms with E-state index in [0.29, 0.717) is 5.69 Å². The lowest BCUT2D eigenvalue weighted by Crippen LogP contribution is -2.45. The molecule has 0 aliphatic heterocycles. The normalized spacial score (nSPS) is 12.7. The summed E-state index contributed by atoms with van der Waals surface area (Å²) < 4.78 is 26.5. The maximum atomic E-state index is 11.5. The zero-order valence-electron chi connectivity index (χ0n) is 10.5. The Hall–Kier alpha value is -1.90. The Balaban J connectivity index is 2.70. The quantitative estimate of drug-likeness (QED) is 0.625. The fraction of sp³-hybridized carbons (Fsp3) is 0.500. The predicted octanol–water partition coefficient (Wildman–Crippen LogP) is -1.35. The van der Waals surface area contributed by atoms with Crippen molar-refractivity contribution in [2.45, 2.75) is 12.5 Å². The number of rotatable bonds is 6. The van der Waals surface area contributed by atoms with E-state index in [-0.39, 0.29) is 6.42 Å². The van der Waals surface area contributed by atoms with E-state index in [1.54, 1.807) is 0 Å². The third-order valence-electron chi connectivity index (χ3n) is 2.19. The minimum atomic E-state index is -3.45. The Morgan fingerprint density at radius 2 is 2.21 bits per heavy atom. The SMILES string of the molecule is COC(=O)[C@H](Cc1cnc[nH]1)NC(=O)CS(C)(=O)=O. The molecule has 1 atom stereocenters. The van der Waals surface area contributed by atoms with Crippen molar-refractivity contribution in [1.29, 1.82) is 0 Å². The van der Waals surface area contributed by atoms with Gasteiger partial charge in [0.1, 0.15) is 11.8 Å². The molecule has 0 aliphatic rings. The zero-order valence-corrected chi connectivity index (χ0v) is 11.4. The van der Waals surface area contributed by atoms with Gasteiger partial charge in [-0.25, -0.2) is 18.2 Å². The van der Waals surface area contributed by atoms with Gasteiger partial charge in [-0.1, -0.05) is 0 Å². The smallest absolute Gasteiger partial charge is 0.328 e. The molecule has 0 saturated carbocycles. The molecule has 9 heteroatoms. The van der Waals surface area contributed by atoms with Gasteiger partial charge in [-0.05, 0) is 0 Å².